The number of nitrogens with one attached hydrogen (secondary N) is 2. The van der Waals surface area contributed by atoms with Gasteiger partial charge in [-0.15, -0.1) is 11.8 Å². The van der Waals surface area contributed by atoms with Gasteiger partial charge in [0.25, 0.3) is 0 Å². The van der Waals surface area contributed by atoms with Crippen LogP contribution in [0.3, 0.4) is 0 Å². The van der Waals surface area contributed by atoms with Crippen molar-refractivity contribution in [1.82, 2.24) is 15.5 Å². The fourth-order valence-electron chi connectivity index (χ4n) is 4.03. The minimum Gasteiger partial charge on any atom is -0.454 e. The molecule has 1 spiro atoms. The van der Waals surface area contributed by atoms with Crippen molar-refractivity contribution in [1.29, 1.82) is 0 Å². The molecule has 3 aliphatic rings. The van der Waals surface area contributed by atoms with Gasteiger partial charge < -0.3 is 19.7 Å². The smallest absolute Gasteiger partial charge is 0.238 e. The summed E-state index contributed by atoms with van der Waals surface area (Å²) in [5.41, 5.74) is 0.986. The van der Waals surface area contributed by atoms with Crippen molar-refractivity contribution in [2.75, 3.05) is 25.6 Å². The van der Waals surface area contributed by atoms with Crippen molar-refractivity contribution >= 4 is 23.6 Å². The van der Waals surface area contributed by atoms with Gasteiger partial charge in [-0.3, -0.25) is 14.9 Å². The van der Waals surface area contributed by atoms with Crippen LogP contribution in [0.5, 0.6) is 11.5 Å². The van der Waals surface area contributed by atoms with Crippen molar-refractivity contribution < 1.29 is 19.1 Å². The highest BCUT2D eigenvalue weighted by Crippen LogP contribution is 2.39. The molecule has 1 aromatic rings. The predicted molar refractivity (Wildman–Crippen MR) is 112 cm³/mol. The minimum absolute atomic E-state index is 0.0188. The molecule has 3 aliphatic heterocycles. The Balaban J connectivity index is 1.25. The second-order valence-corrected chi connectivity index (χ2v) is 9.79. The molecule has 1 unspecified atom stereocenters. The predicted octanol–water partition coefficient (Wildman–Crippen LogP) is 2.10. The van der Waals surface area contributed by atoms with Crippen molar-refractivity contribution in [2.45, 2.75) is 50.6 Å². The van der Waals surface area contributed by atoms with Crippen LogP contribution in [0.4, 0.5) is 0 Å². The van der Waals surface area contributed by atoms with Gasteiger partial charge >= 0.3 is 0 Å². The van der Waals surface area contributed by atoms with Crippen molar-refractivity contribution in [3.63, 3.8) is 0 Å². The Kier molecular flexibility index (Phi) is 5.92. The number of fused-ring (bicyclic) bond motifs is 1. The summed E-state index contributed by atoms with van der Waals surface area (Å²) >= 11 is 1.82. The number of carbonyl (C=O) groups is 2. The lowest BCUT2D eigenvalue weighted by Crippen LogP contribution is -2.54. The summed E-state index contributed by atoms with van der Waals surface area (Å²) in [5.74, 6) is 2.88. The third-order valence-electron chi connectivity index (χ3n) is 5.69. The molecule has 3 heterocycles. The van der Waals surface area contributed by atoms with E-state index in [1.54, 1.807) is 0 Å². The third-order valence-corrected chi connectivity index (χ3v) is 7.27. The van der Waals surface area contributed by atoms with Gasteiger partial charge in [0.2, 0.25) is 18.6 Å². The molecule has 2 amide bonds. The molecule has 1 aromatic carbocycles. The Labute approximate surface area is 175 Å². The van der Waals surface area contributed by atoms with Gasteiger partial charge in [0, 0.05) is 31.8 Å². The maximum absolute atomic E-state index is 12.7. The lowest BCUT2D eigenvalue weighted by molar-refractivity contribution is -0.133. The quantitative estimate of drug-likeness (QED) is 0.761. The highest BCUT2D eigenvalue weighted by atomic mass is 32.2. The molecule has 158 valence electrons. The van der Waals surface area contributed by atoms with Gasteiger partial charge in [-0.25, -0.2) is 0 Å². The molecule has 29 heavy (non-hydrogen) atoms. The lowest BCUT2D eigenvalue weighted by atomic mass is 10.0. The van der Waals surface area contributed by atoms with Gasteiger partial charge in [0.05, 0.1) is 10.9 Å². The molecule has 0 aliphatic carbocycles. The standard InChI is InChI=1S/C21H29N3O4S/c1-14(2)9-19(25)24-7-5-21(6-8-24)23-16(12-29-21)20(26)22-11-15-3-4-17-18(10-15)28-13-27-17/h3-4,10,14,16,23H,5-9,11-13H2,1-2H3,(H,22,26). The number of hydrogen-bond donors (Lipinski definition) is 2. The molecule has 1 atom stereocenters. The largest absolute Gasteiger partial charge is 0.454 e. The minimum atomic E-state index is -0.202. The number of hydrogen-bond acceptors (Lipinski definition) is 6. The van der Waals surface area contributed by atoms with Gasteiger partial charge in [-0.1, -0.05) is 19.9 Å². The second kappa shape index (κ2) is 8.44. The Bertz CT molecular complexity index is 777. The van der Waals surface area contributed by atoms with Crippen molar-refractivity contribution in [3.05, 3.63) is 23.8 Å². The van der Waals surface area contributed by atoms with Crippen LogP contribution < -0.4 is 20.1 Å². The summed E-state index contributed by atoms with van der Waals surface area (Å²) in [4.78, 5) is 26.8. The first-order chi connectivity index (χ1) is 13.9. The number of piperidine rings is 1. The maximum atomic E-state index is 12.7. The van der Waals surface area contributed by atoms with E-state index in [1.807, 2.05) is 34.9 Å². The Morgan fingerprint density at radius 3 is 2.79 bits per heavy atom. The van der Waals surface area contributed by atoms with E-state index in [1.165, 1.54) is 0 Å². The number of benzene rings is 1. The Hall–Kier alpha value is -1.93. The number of amides is 2. The number of carbonyl (C=O) groups excluding carboxylic acids is 2. The van der Waals surface area contributed by atoms with Gasteiger partial charge in [0.1, 0.15) is 0 Å². The second-order valence-electron chi connectivity index (χ2n) is 8.39. The first-order valence-electron chi connectivity index (χ1n) is 10.3. The Morgan fingerprint density at radius 2 is 2.03 bits per heavy atom. The molecule has 2 N–H and O–H groups in total. The van der Waals surface area contributed by atoms with Crippen LogP contribution in [0.2, 0.25) is 0 Å². The molecule has 2 saturated heterocycles. The van der Waals surface area contributed by atoms with Gasteiger partial charge in [0.15, 0.2) is 11.5 Å². The number of ether oxygens (including phenoxy) is 2. The molecular weight excluding hydrogens is 390 g/mol. The topological polar surface area (TPSA) is 79.9 Å². The van der Waals surface area contributed by atoms with Crippen molar-refractivity contribution in [2.24, 2.45) is 5.92 Å². The summed E-state index contributed by atoms with van der Waals surface area (Å²) in [5, 5.41) is 6.58. The highest BCUT2D eigenvalue weighted by molar-refractivity contribution is 8.01. The van der Waals surface area contributed by atoms with Crippen LogP contribution in [0.1, 0.15) is 38.7 Å². The molecule has 0 saturated carbocycles. The Morgan fingerprint density at radius 1 is 1.28 bits per heavy atom. The first kappa shape index (κ1) is 20.3. The van der Waals surface area contributed by atoms with Crippen LogP contribution in [-0.4, -0.2) is 53.3 Å². The number of likely N-dealkylation sites (tertiary alicyclic amines) is 1. The lowest BCUT2D eigenvalue weighted by Gasteiger charge is -2.39. The van der Waals surface area contributed by atoms with E-state index in [0.717, 1.165) is 48.7 Å². The summed E-state index contributed by atoms with van der Waals surface area (Å²) in [6.07, 6.45) is 2.37. The van der Waals surface area contributed by atoms with Crippen LogP contribution >= 0.6 is 11.8 Å². The van der Waals surface area contributed by atoms with Crippen LogP contribution in [-0.2, 0) is 16.1 Å². The molecule has 0 bridgehead atoms. The summed E-state index contributed by atoms with van der Waals surface area (Å²) < 4.78 is 10.7. The van der Waals surface area contributed by atoms with E-state index in [4.69, 9.17) is 9.47 Å². The fraction of sp³-hybridized carbons (Fsp3) is 0.619. The van der Waals surface area contributed by atoms with E-state index < -0.39 is 0 Å². The number of rotatable bonds is 5. The van der Waals surface area contributed by atoms with Gasteiger partial charge in [-0.05, 0) is 36.5 Å². The van der Waals surface area contributed by atoms with E-state index in [-0.39, 0.29) is 29.5 Å². The molecule has 4 rings (SSSR count). The van der Waals surface area contributed by atoms with Crippen LogP contribution in [0.25, 0.3) is 0 Å². The number of nitrogens with zero attached hydrogens (tertiary/aromatic N) is 1. The summed E-state index contributed by atoms with van der Waals surface area (Å²) in [6.45, 7) is 6.38. The van der Waals surface area contributed by atoms with E-state index in [0.29, 0.717) is 18.9 Å². The average molecular weight is 420 g/mol. The van der Waals surface area contributed by atoms with Gasteiger partial charge in [-0.2, -0.15) is 0 Å². The van der Waals surface area contributed by atoms with E-state index in [9.17, 15) is 9.59 Å². The van der Waals surface area contributed by atoms with E-state index >= 15 is 0 Å². The molecule has 2 fully saturated rings. The van der Waals surface area contributed by atoms with Crippen LogP contribution in [0.15, 0.2) is 18.2 Å². The maximum Gasteiger partial charge on any atom is 0.238 e. The SMILES string of the molecule is CC(C)CC(=O)N1CCC2(CC1)NC(C(=O)NCc1ccc3c(c1)OCO3)CS2. The molecule has 8 heteroatoms. The molecule has 7 nitrogen and oxygen atoms in total. The first-order valence-corrected chi connectivity index (χ1v) is 11.3. The molecular formula is C21H29N3O4S. The summed E-state index contributed by atoms with van der Waals surface area (Å²) in [7, 11) is 0. The highest BCUT2D eigenvalue weighted by Gasteiger charge is 2.44. The molecule has 0 radical (unpaired) electrons. The van der Waals surface area contributed by atoms with E-state index in [2.05, 4.69) is 24.5 Å². The fourth-order valence-corrected chi connectivity index (χ4v) is 5.45. The monoisotopic (exact) mass is 419 g/mol. The average Bonchev–Trinajstić information content (AvgIpc) is 3.33. The third kappa shape index (κ3) is 4.64. The normalized spacial score (nSPS) is 22.3. The summed E-state index contributed by atoms with van der Waals surface area (Å²) in [6, 6.07) is 5.52. The zero-order valence-electron chi connectivity index (χ0n) is 17.0. The zero-order chi connectivity index (χ0) is 20.4. The zero-order valence-corrected chi connectivity index (χ0v) is 17.8. The number of thioether (sulfide) groups is 1. The van der Waals surface area contributed by atoms with Crippen LogP contribution in [0, 0.1) is 5.92 Å². The van der Waals surface area contributed by atoms with Crippen molar-refractivity contribution in [3.8, 4) is 11.5 Å². The molecule has 0 aromatic heterocycles.